The fraction of sp³-hybridized carbons (Fsp3) is 1.00. The topological polar surface area (TPSA) is 6.48 Å². The van der Waals surface area contributed by atoms with Crippen molar-refractivity contribution in [3.05, 3.63) is 0 Å². The molecule has 0 aromatic heterocycles. The molecule has 1 aliphatic carbocycles. The number of hydrogen-bond donors (Lipinski definition) is 0. The maximum Gasteiger partial charge on any atom is 0.0277 e. The molecule has 4 aliphatic rings. The molecule has 1 saturated carbocycles. The minimum atomic E-state index is 0.914. The van der Waals surface area contributed by atoms with Crippen molar-refractivity contribution in [2.24, 2.45) is 17.8 Å². The van der Waals surface area contributed by atoms with Gasteiger partial charge < -0.3 is 0 Å². The molecule has 3 heterocycles. The Balaban J connectivity index is 1.45. The monoisotopic (exact) mass is 318 g/mol. The zero-order valence-electron chi connectivity index (χ0n) is 15.2. The summed E-state index contributed by atoms with van der Waals surface area (Å²) in [5.41, 5.74) is 0. The molecule has 5 unspecified atom stereocenters. The molecule has 0 spiro atoms. The SMILES string of the molecule is C1CCCCC2CCCN(C2)N2CCC3CCC(CCC1)CC32. The van der Waals surface area contributed by atoms with Crippen molar-refractivity contribution in [2.45, 2.75) is 95.9 Å². The van der Waals surface area contributed by atoms with E-state index in [1.807, 2.05) is 0 Å². The van der Waals surface area contributed by atoms with E-state index >= 15 is 0 Å². The second-order valence-electron chi connectivity index (χ2n) is 9.08. The molecule has 5 atom stereocenters. The minimum absolute atomic E-state index is 0.914. The van der Waals surface area contributed by atoms with E-state index in [1.54, 1.807) is 0 Å². The lowest BCUT2D eigenvalue weighted by Crippen LogP contribution is -2.52. The van der Waals surface area contributed by atoms with Crippen LogP contribution in [-0.4, -0.2) is 35.7 Å². The van der Waals surface area contributed by atoms with Crippen molar-refractivity contribution >= 4 is 0 Å². The van der Waals surface area contributed by atoms with Crippen molar-refractivity contribution in [3.8, 4) is 0 Å². The van der Waals surface area contributed by atoms with Crippen LogP contribution in [0.5, 0.6) is 0 Å². The molecule has 2 heteroatoms. The Morgan fingerprint density at radius 1 is 0.565 bits per heavy atom. The van der Waals surface area contributed by atoms with E-state index in [4.69, 9.17) is 0 Å². The van der Waals surface area contributed by atoms with E-state index in [0.29, 0.717) is 0 Å². The Morgan fingerprint density at radius 3 is 2.17 bits per heavy atom. The van der Waals surface area contributed by atoms with Crippen molar-refractivity contribution in [1.29, 1.82) is 0 Å². The third-order valence-electron chi connectivity index (χ3n) is 7.51. The summed E-state index contributed by atoms with van der Waals surface area (Å²) in [5, 5.41) is 5.70. The molecule has 3 aliphatic heterocycles. The summed E-state index contributed by atoms with van der Waals surface area (Å²) in [6, 6.07) is 0.914. The molecular formula is C21H38N2. The van der Waals surface area contributed by atoms with Crippen molar-refractivity contribution < 1.29 is 0 Å². The molecule has 4 rings (SSSR count). The highest BCUT2D eigenvalue weighted by Crippen LogP contribution is 2.42. The van der Waals surface area contributed by atoms with Crippen LogP contribution in [0.1, 0.15) is 89.9 Å². The van der Waals surface area contributed by atoms with Crippen LogP contribution < -0.4 is 0 Å². The van der Waals surface area contributed by atoms with Crippen LogP contribution >= 0.6 is 0 Å². The summed E-state index contributed by atoms with van der Waals surface area (Å²) in [5.74, 6) is 3.07. The van der Waals surface area contributed by atoms with E-state index in [-0.39, 0.29) is 0 Å². The molecule has 0 N–H and O–H groups in total. The number of hydrogen-bond acceptors (Lipinski definition) is 2. The number of hydrazine groups is 1. The molecule has 3 saturated heterocycles. The molecule has 4 fully saturated rings. The van der Waals surface area contributed by atoms with Crippen molar-refractivity contribution in [1.82, 2.24) is 10.0 Å². The fourth-order valence-corrected chi connectivity index (χ4v) is 6.16. The molecule has 0 aromatic rings. The summed E-state index contributed by atoms with van der Waals surface area (Å²) in [6.45, 7) is 4.10. The van der Waals surface area contributed by atoms with Gasteiger partial charge in [-0.2, -0.15) is 0 Å². The van der Waals surface area contributed by atoms with Gasteiger partial charge in [-0.05, 0) is 56.3 Å². The highest BCUT2D eigenvalue weighted by Gasteiger charge is 2.41. The lowest BCUT2D eigenvalue weighted by Gasteiger charge is -2.44. The van der Waals surface area contributed by atoms with Crippen molar-refractivity contribution in [2.75, 3.05) is 19.6 Å². The predicted molar refractivity (Wildman–Crippen MR) is 97.2 cm³/mol. The van der Waals surface area contributed by atoms with E-state index in [9.17, 15) is 0 Å². The van der Waals surface area contributed by atoms with E-state index in [0.717, 1.165) is 23.8 Å². The first-order valence-electron chi connectivity index (χ1n) is 10.9. The Morgan fingerprint density at radius 2 is 1.30 bits per heavy atom. The number of fused-ring (bicyclic) bond motifs is 4. The smallest absolute Gasteiger partial charge is 0.0277 e. The van der Waals surface area contributed by atoms with Crippen molar-refractivity contribution in [3.63, 3.8) is 0 Å². The van der Waals surface area contributed by atoms with Crippen LogP contribution in [-0.2, 0) is 0 Å². The Bertz CT molecular complexity index is 369. The fourth-order valence-electron chi connectivity index (χ4n) is 6.16. The van der Waals surface area contributed by atoms with E-state index in [2.05, 4.69) is 10.0 Å². The second-order valence-corrected chi connectivity index (χ2v) is 9.08. The summed E-state index contributed by atoms with van der Waals surface area (Å²) in [6.07, 6.45) is 21.0. The van der Waals surface area contributed by atoms with Gasteiger partial charge in [-0.1, -0.05) is 51.4 Å². The van der Waals surface area contributed by atoms with Crippen LogP contribution in [0.25, 0.3) is 0 Å². The minimum Gasteiger partial charge on any atom is -0.241 e. The highest BCUT2D eigenvalue weighted by molar-refractivity contribution is 4.92. The van der Waals surface area contributed by atoms with Gasteiger partial charge in [-0.3, -0.25) is 0 Å². The molecule has 0 aromatic carbocycles. The lowest BCUT2D eigenvalue weighted by molar-refractivity contribution is -0.0822. The molecule has 2 nitrogen and oxygen atoms in total. The van der Waals surface area contributed by atoms with Gasteiger partial charge in [0.1, 0.15) is 0 Å². The molecule has 4 bridgehead atoms. The summed E-state index contributed by atoms with van der Waals surface area (Å²) < 4.78 is 0. The van der Waals surface area contributed by atoms with E-state index in [1.165, 1.54) is 110 Å². The Labute approximate surface area is 144 Å². The zero-order chi connectivity index (χ0) is 15.5. The van der Waals surface area contributed by atoms with Gasteiger partial charge in [0.15, 0.2) is 0 Å². The predicted octanol–water partition coefficient (Wildman–Crippen LogP) is 5.24. The van der Waals surface area contributed by atoms with Crippen LogP contribution in [0, 0.1) is 17.8 Å². The van der Waals surface area contributed by atoms with Gasteiger partial charge in [-0.15, -0.1) is 0 Å². The Hall–Kier alpha value is -0.0800. The number of nitrogens with zero attached hydrogens (tertiary/aromatic N) is 2. The largest absolute Gasteiger partial charge is 0.241 e. The highest BCUT2D eigenvalue weighted by atomic mass is 15.6. The van der Waals surface area contributed by atoms with Crippen LogP contribution in [0.3, 0.4) is 0 Å². The van der Waals surface area contributed by atoms with Gasteiger partial charge in [0.05, 0.1) is 0 Å². The van der Waals surface area contributed by atoms with E-state index < -0.39 is 0 Å². The Kier molecular flexibility index (Phi) is 5.61. The van der Waals surface area contributed by atoms with Gasteiger partial charge in [-0.25, -0.2) is 10.0 Å². The van der Waals surface area contributed by atoms with Gasteiger partial charge >= 0.3 is 0 Å². The van der Waals surface area contributed by atoms with Crippen LogP contribution in [0.4, 0.5) is 0 Å². The molecular weight excluding hydrogens is 280 g/mol. The average Bonchev–Trinajstić information content (AvgIpc) is 3.00. The average molecular weight is 319 g/mol. The maximum absolute atomic E-state index is 2.88. The molecule has 0 radical (unpaired) electrons. The third-order valence-corrected chi connectivity index (χ3v) is 7.51. The summed E-state index contributed by atoms with van der Waals surface area (Å²) in [7, 11) is 0. The third kappa shape index (κ3) is 3.95. The second kappa shape index (κ2) is 7.87. The molecule has 132 valence electrons. The molecule has 0 amide bonds. The number of piperidine rings is 1. The quantitative estimate of drug-likeness (QED) is 0.603. The molecule has 23 heavy (non-hydrogen) atoms. The normalized spacial score (nSPS) is 43.6. The van der Waals surface area contributed by atoms with Gasteiger partial charge in [0.25, 0.3) is 0 Å². The summed E-state index contributed by atoms with van der Waals surface area (Å²) in [4.78, 5) is 0. The van der Waals surface area contributed by atoms with Crippen LogP contribution in [0.15, 0.2) is 0 Å². The van der Waals surface area contributed by atoms with Gasteiger partial charge in [0, 0.05) is 25.7 Å². The first kappa shape index (κ1) is 16.4. The first-order chi connectivity index (χ1) is 11.4. The lowest BCUT2D eigenvalue weighted by atomic mass is 9.77. The van der Waals surface area contributed by atoms with Crippen LogP contribution in [0.2, 0.25) is 0 Å². The first-order valence-corrected chi connectivity index (χ1v) is 10.9. The number of rotatable bonds is 0. The van der Waals surface area contributed by atoms with Gasteiger partial charge in [0.2, 0.25) is 0 Å². The standard InChI is InChI=1S/C21H38N2/c1-2-4-6-9-19-10-7-14-22(17-19)23-15-13-20-12-11-18(8-5-3-1)16-21(20)23/h18-21H,1-17H2. The maximum atomic E-state index is 2.88. The zero-order valence-corrected chi connectivity index (χ0v) is 15.2. The summed E-state index contributed by atoms with van der Waals surface area (Å²) >= 11 is 0.